The first-order valence-electron chi connectivity index (χ1n) is 5.88. The van der Waals surface area contributed by atoms with Gasteiger partial charge in [-0.1, -0.05) is 18.2 Å². The third kappa shape index (κ3) is 3.16. The number of rotatable bonds is 4. The van der Waals surface area contributed by atoms with Crippen LogP contribution in [0.2, 0.25) is 0 Å². The summed E-state index contributed by atoms with van der Waals surface area (Å²) in [5.74, 6) is 1.23. The Morgan fingerprint density at radius 2 is 2.11 bits per heavy atom. The van der Waals surface area contributed by atoms with E-state index in [4.69, 9.17) is 16.3 Å². The second-order valence-electron chi connectivity index (χ2n) is 4.15. The zero-order valence-electron chi connectivity index (χ0n) is 10.0. The molecule has 0 atom stereocenters. The molecule has 0 bridgehead atoms. The van der Waals surface area contributed by atoms with Gasteiger partial charge in [0.25, 0.3) is 0 Å². The molecule has 1 aliphatic rings. The van der Waals surface area contributed by atoms with E-state index in [0.717, 1.165) is 11.3 Å². The molecule has 18 heavy (non-hydrogen) atoms. The van der Waals surface area contributed by atoms with E-state index >= 15 is 0 Å². The van der Waals surface area contributed by atoms with Crippen molar-refractivity contribution in [1.29, 1.82) is 0 Å². The number of sulfonamides is 1. The number of nitrogens with zero attached hydrogens (tertiary/aromatic N) is 1. The number of halogens is 1. The Labute approximate surface area is 113 Å². The maximum Gasteiger partial charge on any atom is 0.214 e. The minimum Gasteiger partial charge on any atom is -0.492 e. The largest absolute Gasteiger partial charge is 0.492 e. The van der Waals surface area contributed by atoms with Crippen LogP contribution in [0.5, 0.6) is 5.75 Å². The van der Waals surface area contributed by atoms with Gasteiger partial charge >= 0.3 is 0 Å². The molecule has 0 spiro atoms. The second-order valence-corrected chi connectivity index (χ2v) is 6.61. The zero-order chi connectivity index (χ0) is 13.0. The van der Waals surface area contributed by atoms with E-state index in [0.29, 0.717) is 32.0 Å². The maximum atomic E-state index is 12.1. The lowest BCUT2D eigenvalue weighted by Crippen LogP contribution is -2.34. The van der Waals surface area contributed by atoms with E-state index < -0.39 is 10.0 Å². The first-order chi connectivity index (χ1) is 8.63. The molecule has 0 aromatic heterocycles. The molecule has 1 aromatic carbocycles. The fourth-order valence-corrected chi connectivity index (χ4v) is 3.65. The molecule has 1 aromatic rings. The fourth-order valence-electron chi connectivity index (χ4n) is 1.91. The Kier molecular flexibility index (Phi) is 4.48. The van der Waals surface area contributed by atoms with Crippen molar-refractivity contribution in [1.82, 2.24) is 4.31 Å². The van der Waals surface area contributed by atoms with E-state index in [2.05, 4.69) is 0 Å². The van der Waals surface area contributed by atoms with Gasteiger partial charge in [0.2, 0.25) is 10.0 Å². The second kappa shape index (κ2) is 5.91. The SMILES string of the molecule is O=S(=O)(CCCCl)N1CCOc2ccccc2C1. The topological polar surface area (TPSA) is 46.6 Å². The summed E-state index contributed by atoms with van der Waals surface area (Å²) in [7, 11) is -3.24. The predicted molar refractivity (Wildman–Crippen MR) is 71.5 cm³/mol. The molecule has 1 heterocycles. The molecule has 2 rings (SSSR count). The lowest BCUT2D eigenvalue weighted by Gasteiger charge is -2.19. The normalized spacial score (nSPS) is 16.7. The van der Waals surface area contributed by atoms with Crippen molar-refractivity contribution in [3.05, 3.63) is 29.8 Å². The summed E-state index contributed by atoms with van der Waals surface area (Å²) in [4.78, 5) is 0. The lowest BCUT2D eigenvalue weighted by atomic mass is 10.2. The molecule has 0 saturated heterocycles. The summed E-state index contributed by atoms with van der Waals surface area (Å²) in [5, 5.41) is 0. The van der Waals surface area contributed by atoms with Gasteiger partial charge in [-0.2, -0.15) is 4.31 Å². The zero-order valence-corrected chi connectivity index (χ0v) is 11.6. The molecule has 0 unspecified atom stereocenters. The number of alkyl halides is 1. The van der Waals surface area contributed by atoms with Gasteiger partial charge in [-0.05, 0) is 12.5 Å². The third-order valence-corrected chi connectivity index (χ3v) is 5.02. The molecule has 0 radical (unpaired) electrons. The molecule has 1 aliphatic heterocycles. The number of fused-ring (bicyclic) bond motifs is 1. The van der Waals surface area contributed by atoms with Crippen LogP contribution in [0, 0.1) is 0 Å². The van der Waals surface area contributed by atoms with Gasteiger partial charge in [0.15, 0.2) is 0 Å². The quantitative estimate of drug-likeness (QED) is 0.795. The summed E-state index contributed by atoms with van der Waals surface area (Å²) < 4.78 is 31.3. The molecule has 0 aliphatic carbocycles. The number of benzene rings is 1. The van der Waals surface area contributed by atoms with Crippen LogP contribution in [-0.4, -0.2) is 37.5 Å². The van der Waals surface area contributed by atoms with E-state index in [1.54, 1.807) is 0 Å². The average molecular weight is 290 g/mol. The molecule has 6 heteroatoms. The van der Waals surface area contributed by atoms with E-state index in [1.807, 2.05) is 24.3 Å². The Morgan fingerprint density at radius 1 is 1.33 bits per heavy atom. The molecular weight excluding hydrogens is 274 g/mol. The predicted octanol–water partition coefficient (Wildman–Crippen LogP) is 1.84. The molecule has 0 fully saturated rings. The number of ether oxygens (including phenoxy) is 1. The van der Waals surface area contributed by atoms with Gasteiger partial charge in [0, 0.05) is 24.5 Å². The summed E-state index contributed by atoms with van der Waals surface area (Å²) in [5.41, 5.74) is 0.907. The summed E-state index contributed by atoms with van der Waals surface area (Å²) >= 11 is 5.55. The Hall–Kier alpha value is -0.780. The Balaban J connectivity index is 2.17. The van der Waals surface area contributed by atoms with Crippen LogP contribution >= 0.6 is 11.6 Å². The Morgan fingerprint density at radius 3 is 2.89 bits per heavy atom. The maximum absolute atomic E-state index is 12.1. The summed E-state index contributed by atoms with van der Waals surface area (Å²) in [6.45, 7) is 1.15. The minimum absolute atomic E-state index is 0.0959. The third-order valence-electron chi connectivity index (χ3n) is 2.85. The molecule has 0 saturated carbocycles. The first-order valence-corrected chi connectivity index (χ1v) is 8.02. The molecular formula is C12H16ClNO3S. The highest BCUT2D eigenvalue weighted by molar-refractivity contribution is 7.89. The van der Waals surface area contributed by atoms with E-state index in [-0.39, 0.29) is 5.75 Å². The van der Waals surface area contributed by atoms with Crippen molar-refractivity contribution in [2.75, 3.05) is 24.8 Å². The van der Waals surface area contributed by atoms with Crippen LogP contribution in [0.15, 0.2) is 24.3 Å². The molecule has 100 valence electrons. The van der Waals surface area contributed by atoms with Crippen molar-refractivity contribution in [3.63, 3.8) is 0 Å². The van der Waals surface area contributed by atoms with Crippen molar-refractivity contribution in [3.8, 4) is 5.75 Å². The van der Waals surface area contributed by atoms with E-state index in [1.165, 1.54) is 4.31 Å². The molecule has 0 amide bonds. The van der Waals surface area contributed by atoms with Gasteiger partial charge in [-0.25, -0.2) is 8.42 Å². The minimum atomic E-state index is -3.24. The van der Waals surface area contributed by atoms with Crippen LogP contribution in [0.3, 0.4) is 0 Å². The smallest absolute Gasteiger partial charge is 0.214 e. The Bertz CT molecular complexity index is 504. The van der Waals surface area contributed by atoms with E-state index in [9.17, 15) is 8.42 Å². The van der Waals surface area contributed by atoms with Crippen LogP contribution < -0.4 is 4.74 Å². The van der Waals surface area contributed by atoms with Gasteiger partial charge in [0.05, 0.1) is 5.75 Å². The molecule has 4 nitrogen and oxygen atoms in total. The van der Waals surface area contributed by atoms with Gasteiger partial charge in [-0.3, -0.25) is 0 Å². The monoisotopic (exact) mass is 289 g/mol. The highest BCUT2D eigenvalue weighted by atomic mass is 35.5. The van der Waals surface area contributed by atoms with Gasteiger partial charge in [-0.15, -0.1) is 11.6 Å². The number of para-hydroxylation sites is 1. The fraction of sp³-hybridized carbons (Fsp3) is 0.500. The highest BCUT2D eigenvalue weighted by Crippen LogP contribution is 2.24. The first kappa shape index (κ1) is 13.6. The van der Waals surface area contributed by atoms with Gasteiger partial charge in [0.1, 0.15) is 12.4 Å². The number of hydrogen-bond donors (Lipinski definition) is 0. The average Bonchev–Trinajstić information content (AvgIpc) is 2.59. The number of hydrogen-bond acceptors (Lipinski definition) is 3. The summed E-state index contributed by atoms with van der Waals surface area (Å²) in [6.07, 6.45) is 0.475. The van der Waals surface area contributed by atoms with Crippen molar-refractivity contribution < 1.29 is 13.2 Å². The standard InChI is InChI=1S/C12H16ClNO3S/c13-6-3-9-18(15,16)14-7-8-17-12-5-2-1-4-11(12)10-14/h1-2,4-5H,3,6-10H2. The van der Waals surface area contributed by atoms with Crippen molar-refractivity contribution >= 4 is 21.6 Å². The van der Waals surface area contributed by atoms with Crippen LogP contribution in [0.1, 0.15) is 12.0 Å². The van der Waals surface area contributed by atoms with Crippen molar-refractivity contribution in [2.24, 2.45) is 0 Å². The van der Waals surface area contributed by atoms with Crippen LogP contribution in [-0.2, 0) is 16.6 Å². The van der Waals surface area contributed by atoms with Crippen LogP contribution in [0.4, 0.5) is 0 Å². The molecule has 0 N–H and O–H groups in total. The highest BCUT2D eigenvalue weighted by Gasteiger charge is 2.25. The van der Waals surface area contributed by atoms with Crippen molar-refractivity contribution in [2.45, 2.75) is 13.0 Å². The summed E-state index contributed by atoms with van der Waals surface area (Å²) in [6, 6.07) is 7.53. The lowest BCUT2D eigenvalue weighted by molar-refractivity contribution is 0.293. The van der Waals surface area contributed by atoms with Gasteiger partial charge < -0.3 is 4.74 Å². The van der Waals surface area contributed by atoms with Crippen LogP contribution in [0.25, 0.3) is 0 Å².